The second-order valence-corrected chi connectivity index (χ2v) is 8.01. The second kappa shape index (κ2) is 8.24. The van der Waals surface area contributed by atoms with Gasteiger partial charge in [0.1, 0.15) is 5.71 Å². The fourth-order valence-corrected chi connectivity index (χ4v) is 4.05. The van der Waals surface area contributed by atoms with Crippen LogP contribution in [0.15, 0.2) is 84.0 Å². The van der Waals surface area contributed by atoms with Crippen molar-refractivity contribution in [2.45, 2.75) is 5.75 Å². The minimum absolute atomic E-state index is 0.174. The lowest BCUT2D eigenvalue weighted by atomic mass is 10.0. The molecule has 0 bridgehead atoms. The molecule has 7 heteroatoms. The van der Waals surface area contributed by atoms with Gasteiger partial charge in [0.15, 0.2) is 0 Å². The normalized spacial score (nSPS) is 12.0. The minimum atomic E-state index is -3.68. The van der Waals surface area contributed by atoms with E-state index in [0.29, 0.717) is 21.7 Å². The zero-order valence-corrected chi connectivity index (χ0v) is 15.8. The van der Waals surface area contributed by atoms with Gasteiger partial charge in [0.2, 0.25) is 10.0 Å². The summed E-state index contributed by atoms with van der Waals surface area (Å²) in [6.45, 7) is 0. The Hall–Kier alpha value is -2.83. The number of hydrogen-bond acceptors (Lipinski definition) is 4. The van der Waals surface area contributed by atoms with Gasteiger partial charge in [-0.05, 0) is 23.8 Å². The Morgan fingerprint density at radius 3 is 2.22 bits per heavy atom. The molecule has 0 saturated carbocycles. The molecule has 5 nitrogen and oxygen atoms in total. The molecular formula is C20H17ClN2O3S. The third-order valence-corrected chi connectivity index (χ3v) is 5.33. The van der Waals surface area contributed by atoms with Gasteiger partial charge >= 0.3 is 0 Å². The van der Waals surface area contributed by atoms with Gasteiger partial charge in [0, 0.05) is 16.1 Å². The maximum atomic E-state index is 12.6. The van der Waals surface area contributed by atoms with E-state index in [9.17, 15) is 13.6 Å². The summed E-state index contributed by atoms with van der Waals surface area (Å²) in [6.07, 6.45) is 0. The maximum absolute atomic E-state index is 12.6. The number of anilines is 1. The molecule has 0 saturated heterocycles. The Morgan fingerprint density at radius 2 is 1.59 bits per heavy atom. The van der Waals surface area contributed by atoms with Crippen LogP contribution in [0.5, 0.6) is 0 Å². The summed E-state index contributed by atoms with van der Waals surface area (Å²) in [4.78, 5) is 0. The largest absolute Gasteiger partial charge is 0.410 e. The van der Waals surface area contributed by atoms with Crippen LogP contribution in [0.25, 0.3) is 0 Å². The van der Waals surface area contributed by atoms with Gasteiger partial charge in [-0.2, -0.15) is 0 Å². The van der Waals surface area contributed by atoms with Crippen LogP contribution in [0, 0.1) is 0 Å². The number of halogens is 1. The molecule has 3 aromatic carbocycles. The maximum Gasteiger partial charge on any atom is 0.236 e. The Labute approximate surface area is 163 Å². The summed E-state index contributed by atoms with van der Waals surface area (Å²) in [6, 6.07) is 22.5. The molecular weight excluding hydrogens is 384 g/mol. The van der Waals surface area contributed by atoms with Crippen LogP contribution in [0.3, 0.4) is 0 Å². The summed E-state index contributed by atoms with van der Waals surface area (Å²) in [5.74, 6) is -0.174. The zero-order valence-electron chi connectivity index (χ0n) is 14.2. The van der Waals surface area contributed by atoms with Gasteiger partial charge in [-0.15, -0.1) is 0 Å². The molecule has 0 radical (unpaired) electrons. The first-order valence-corrected chi connectivity index (χ1v) is 10.1. The van der Waals surface area contributed by atoms with Gasteiger partial charge in [-0.25, -0.2) is 8.42 Å². The average molecular weight is 401 g/mol. The molecule has 0 fully saturated rings. The fraction of sp³-hybridized carbons (Fsp3) is 0.0500. The first-order valence-electron chi connectivity index (χ1n) is 8.10. The van der Waals surface area contributed by atoms with Gasteiger partial charge in [-0.3, -0.25) is 4.72 Å². The van der Waals surface area contributed by atoms with Gasteiger partial charge in [0.05, 0.1) is 11.4 Å². The molecule has 0 unspecified atom stereocenters. The predicted molar refractivity (Wildman–Crippen MR) is 108 cm³/mol. The first kappa shape index (κ1) is 18.9. The minimum Gasteiger partial charge on any atom is -0.410 e. The fourth-order valence-electron chi connectivity index (χ4n) is 2.66. The van der Waals surface area contributed by atoms with Crippen LogP contribution >= 0.6 is 11.6 Å². The van der Waals surface area contributed by atoms with E-state index in [1.807, 2.05) is 12.1 Å². The van der Waals surface area contributed by atoms with Crippen LogP contribution in [0.1, 0.15) is 16.7 Å². The molecule has 27 heavy (non-hydrogen) atoms. The number of oxime groups is 1. The van der Waals surface area contributed by atoms with Gasteiger partial charge in [-0.1, -0.05) is 77.4 Å². The van der Waals surface area contributed by atoms with Gasteiger partial charge in [0.25, 0.3) is 0 Å². The molecule has 0 amide bonds. The monoisotopic (exact) mass is 400 g/mol. The second-order valence-electron chi connectivity index (χ2n) is 5.85. The van der Waals surface area contributed by atoms with E-state index >= 15 is 0 Å². The quantitative estimate of drug-likeness (QED) is 0.363. The molecule has 3 aromatic rings. The topological polar surface area (TPSA) is 78.8 Å². The van der Waals surface area contributed by atoms with Crippen molar-refractivity contribution in [2.75, 3.05) is 4.72 Å². The summed E-state index contributed by atoms with van der Waals surface area (Å²) in [5.41, 5.74) is 2.18. The molecule has 0 spiro atoms. The van der Waals surface area contributed by atoms with E-state index in [-0.39, 0.29) is 17.2 Å². The first-order chi connectivity index (χ1) is 13.0. The number of nitrogens with one attached hydrogen (secondary N) is 1. The number of hydrogen-bond donors (Lipinski definition) is 2. The Morgan fingerprint density at radius 1 is 0.963 bits per heavy atom. The van der Waals surface area contributed by atoms with Gasteiger partial charge < -0.3 is 5.21 Å². The van der Waals surface area contributed by atoms with Crippen molar-refractivity contribution in [3.05, 3.63) is 101 Å². The molecule has 0 aliphatic heterocycles. The molecule has 3 rings (SSSR count). The lowest BCUT2D eigenvalue weighted by Crippen LogP contribution is -2.18. The standard InChI is InChI=1S/C20H17ClN2O3S/c21-17-11-12-19(23-27(25,26)14-15-7-3-1-4-8-15)18(13-17)20(22-24)16-9-5-2-6-10-16/h1-13,23-24H,14H2/b22-20-. The highest BCUT2D eigenvalue weighted by molar-refractivity contribution is 7.91. The highest BCUT2D eigenvalue weighted by atomic mass is 35.5. The lowest BCUT2D eigenvalue weighted by Gasteiger charge is -2.14. The summed E-state index contributed by atoms with van der Waals surface area (Å²) < 4.78 is 27.8. The molecule has 0 atom stereocenters. The highest BCUT2D eigenvalue weighted by Gasteiger charge is 2.18. The van der Waals surface area contributed by atoms with Crippen molar-refractivity contribution < 1.29 is 13.6 Å². The van der Waals surface area contributed by atoms with E-state index < -0.39 is 10.0 Å². The van der Waals surface area contributed by atoms with Crippen molar-refractivity contribution in [3.8, 4) is 0 Å². The SMILES string of the molecule is O=S(=O)(Cc1ccccc1)Nc1ccc(Cl)cc1/C(=N\O)c1ccccc1. The Kier molecular flexibility index (Phi) is 5.78. The van der Waals surface area contributed by atoms with Crippen LogP contribution in [0.2, 0.25) is 5.02 Å². The number of benzene rings is 3. The van der Waals surface area contributed by atoms with Crippen LogP contribution in [-0.2, 0) is 15.8 Å². The lowest BCUT2D eigenvalue weighted by molar-refractivity contribution is 0.319. The third-order valence-electron chi connectivity index (χ3n) is 3.85. The van der Waals surface area contributed by atoms with E-state index in [0.717, 1.165) is 0 Å². The third kappa shape index (κ3) is 4.87. The molecule has 138 valence electrons. The Bertz CT molecular complexity index is 1050. The van der Waals surface area contributed by atoms with Crippen molar-refractivity contribution in [1.29, 1.82) is 0 Å². The van der Waals surface area contributed by atoms with E-state index in [1.165, 1.54) is 0 Å². The van der Waals surface area contributed by atoms with Crippen molar-refractivity contribution in [2.24, 2.45) is 5.16 Å². The summed E-state index contributed by atoms with van der Waals surface area (Å²) in [5, 5.41) is 13.3. The smallest absolute Gasteiger partial charge is 0.236 e. The highest BCUT2D eigenvalue weighted by Crippen LogP contribution is 2.26. The summed E-state index contributed by atoms with van der Waals surface area (Å²) in [7, 11) is -3.68. The molecule has 0 heterocycles. The average Bonchev–Trinajstić information content (AvgIpc) is 2.66. The number of sulfonamides is 1. The van der Waals surface area contributed by atoms with Crippen molar-refractivity contribution >= 4 is 33.0 Å². The number of nitrogens with zero attached hydrogens (tertiary/aromatic N) is 1. The van der Waals surface area contributed by atoms with Crippen LogP contribution in [0.4, 0.5) is 5.69 Å². The molecule has 0 aliphatic rings. The summed E-state index contributed by atoms with van der Waals surface area (Å²) >= 11 is 6.09. The molecule has 0 aliphatic carbocycles. The molecule has 2 N–H and O–H groups in total. The van der Waals surface area contributed by atoms with Crippen molar-refractivity contribution in [3.63, 3.8) is 0 Å². The number of rotatable bonds is 6. The predicted octanol–water partition coefficient (Wildman–Crippen LogP) is 4.51. The van der Waals surface area contributed by atoms with Crippen molar-refractivity contribution in [1.82, 2.24) is 0 Å². The Balaban J connectivity index is 1.97. The van der Waals surface area contributed by atoms with Crippen LogP contribution in [-0.4, -0.2) is 19.3 Å². The van der Waals surface area contributed by atoms with Crippen LogP contribution < -0.4 is 4.72 Å². The zero-order chi connectivity index (χ0) is 19.3. The van der Waals surface area contributed by atoms with E-state index in [4.69, 9.17) is 11.6 Å². The van der Waals surface area contributed by atoms with E-state index in [2.05, 4.69) is 9.88 Å². The van der Waals surface area contributed by atoms with E-state index in [1.54, 1.807) is 66.7 Å². The molecule has 0 aromatic heterocycles.